The molecule has 1 aliphatic carbocycles. The molecule has 10 atom stereocenters. The van der Waals surface area contributed by atoms with Crippen LogP contribution in [0.25, 0.3) is 0 Å². The third-order valence-corrected chi connectivity index (χ3v) is 12.0. The van der Waals surface area contributed by atoms with Crippen molar-refractivity contribution in [1.29, 1.82) is 0 Å². The Morgan fingerprint density at radius 3 is 1.69 bits per heavy atom. The number of hydrogen-bond donors (Lipinski definition) is 2. The highest BCUT2D eigenvalue weighted by atomic mass is 16.1. The van der Waals surface area contributed by atoms with Gasteiger partial charge in [-0.3, -0.25) is 4.79 Å². The van der Waals surface area contributed by atoms with Crippen molar-refractivity contribution in [2.75, 3.05) is 13.1 Å². The van der Waals surface area contributed by atoms with Gasteiger partial charge in [0.05, 0.1) is 0 Å². The molecule has 0 aromatic heterocycles. The zero-order chi connectivity index (χ0) is 34.3. The second kappa shape index (κ2) is 20.9. The summed E-state index contributed by atoms with van der Waals surface area (Å²) in [5.41, 5.74) is 4.14. The lowest BCUT2D eigenvalue weighted by Crippen LogP contribution is -2.42. The summed E-state index contributed by atoms with van der Waals surface area (Å²) in [6.45, 7) is 41.1. The van der Waals surface area contributed by atoms with Crippen LogP contribution in [0.5, 0.6) is 0 Å². The van der Waals surface area contributed by atoms with Crippen molar-refractivity contribution in [3.05, 3.63) is 36.5 Å². The molecule has 3 heteroatoms. The molecule has 262 valence electrons. The zero-order valence-corrected chi connectivity index (χ0v) is 32.1. The third-order valence-electron chi connectivity index (χ3n) is 12.0. The van der Waals surface area contributed by atoms with Gasteiger partial charge in [-0.25, -0.2) is 0 Å². The van der Waals surface area contributed by atoms with Crippen molar-refractivity contribution in [1.82, 2.24) is 10.6 Å². The van der Waals surface area contributed by atoms with Crippen molar-refractivity contribution in [3.63, 3.8) is 0 Å². The van der Waals surface area contributed by atoms with Crippen molar-refractivity contribution in [2.45, 2.75) is 165 Å². The number of ketones is 1. The predicted molar refractivity (Wildman–Crippen MR) is 201 cm³/mol. The lowest BCUT2D eigenvalue weighted by atomic mass is 9.79. The van der Waals surface area contributed by atoms with Crippen LogP contribution < -0.4 is 10.6 Å². The molecule has 0 spiro atoms. The van der Waals surface area contributed by atoms with Crippen LogP contribution in [-0.2, 0) is 4.79 Å². The summed E-state index contributed by atoms with van der Waals surface area (Å²) in [6, 6.07) is 0.397. The Hall–Kier alpha value is -1.19. The molecule has 0 heterocycles. The van der Waals surface area contributed by atoms with Crippen LogP contribution >= 0.6 is 0 Å². The predicted octanol–water partition coefficient (Wildman–Crippen LogP) is 11.4. The third kappa shape index (κ3) is 15.1. The number of hydrogen-bond acceptors (Lipinski definition) is 3. The molecule has 1 saturated carbocycles. The molecule has 0 amide bonds. The minimum Gasteiger partial charge on any atom is -0.310 e. The van der Waals surface area contributed by atoms with Gasteiger partial charge >= 0.3 is 0 Å². The molecule has 45 heavy (non-hydrogen) atoms. The van der Waals surface area contributed by atoms with Gasteiger partial charge in [-0.05, 0) is 91.9 Å². The Bertz CT molecular complexity index is 906. The first-order valence-corrected chi connectivity index (χ1v) is 19.1. The maximum absolute atomic E-state index is 13.1. The average molecular weight is 627 g/mol. The molecular weight excluding hydrogens is 548 g/mol. The quantitative estimate of drug-likeness (QED) is 0.0991. The Kier molecular flexibility index (Phi) is 19.4. The van der Waals surface area contributed by atoms with Gasteiger partial charge in [0, 0.05) is 31.5 Å². The fourth-order valence-electron chi connectivity index (χ4n) is 7.20. The van der Waals surface area contributed by atoms with Crippen LogP contribution in [0.3, 0.4) is 0 Å². The lowest BCUT2D eigenvalue weighted by molar-refractivity contribution is -0.120. The Balaban J connectivity index is 2.91. The summed E-state index contributed by atoms with van der Waals surface area (Å²) in [5.74, 6) is 4.73. The summed E-state index contributed by atoms with van der Waals surface area (Å²) in [5, 5.41) is 7.91. The smallest absolute Gasteiger partial charge is 0.135 e. The number of carbonyl (C=O) groups is 1. The number of nitrogens with one attached hydrogen (secondary N) is 2. The highest BCUT2D eigenvalue weighted by molar-refractivity contribution is 5.79. The van der Waals surface area contributed by atoms with Crippen LogP contribution in [0.4, 0.5) is 0 Å². The van der Waals surface area contributed by atoms with E-state index in [9.17, 15) is 4.79 Å². The second-order valence-corrected chi connectivity index (χ2v) is 16.5. The molecule has 3 nitrogen and oxygen atoms in total. The molecule has 2 N–H and O–H groups in total. The first kappa shape index (κ1) is 41.8. The average Bonchev–Trinajstić information content (AvgIpc) is 3.30. The Morgan fingerprint density at radius 1 is 0.711 bits per heavy atom. The van der Waals surface area contributed by atoms with E-state index in [2.05, 4.69) is 107 Å². The fraction of sp³-hybridized carbons (Fsp3) is 0.833. The number of carbonyl (C=O) groups excluding carboxylic acids is 1. The number of rotatable bonds is 25. The fourth-order valence-corrected chi connectivity index (χ4v) is 7.20. The van der Waals surface area contributed by atoms with Gasteiger partial charge in [0.2, 0.25) is 0 Å². The van der Waals surface area contributed by atoms with E-state index in [1.54, 1.807) is 0 Å². The Labute approximate surface area is 282 Å². The van der Waals surface area contributed by atoms with E-state index in [4.69, 9.17) is 0 Å². The highest BCUT2D eigenvalue weighted by Crippen LogP contribution is 2.48. The summed E-state index contributed by atoms with van der Waals surface area (Å²) in [7, 11) is 0. The van der Waals surface area contributed by atoms with Gasteiger partial charge in [-0.2, -0.15) is 0 Å². The monoisotopic (exact) mass is 627 g/mol. The van der Waals surface area contributed by atoms with Crippen molar-refractivity contribution in [3.8, 4) is 0 Å². The minimum absolute atomic E-state index is 0.0820. The first-order valence-electron chi connectivity index (χ1n) is 19.1. The molecule has 0 aromatic rings. The van der Waals surface area contributed by atoms with Crippen molar-refractivity contribution >= 4 is 5.78 Å². The second-order valence-electron chi connectivity index (χ2n) is 16.5. The maximum atomic E-state index is 13.1. The van der Waals surface area contributed by atoms with Crippen LogP contribution in [0.2, 0.25) is 0 Å². The molecular formula is C42H78N2O. The summed E-state index contributed by atoms with van der Waals surface area (Å²) < 4.78 is 0. The van der Waals surface area contributed by atoms with Gasteiger partial charge in [0.15, 0.2) is 0 Å². The van der Waals surface area contributed by atoms with Crippen LogP contribution in [0.1, 0.15) is 153 Å². The van der Waals surface area contributed by atoms with E-state index in [0.717, 1.165) is 51.6 Å². The molecule has 10 unspecified atom stereocenters. The Morgan fingerprint density at radius 2 is 1.18 bits per heavy atom. The van der Waals surface area contributed by atoms with E-state index in [1.165, 1.54) is 42.4 Å². The van der Waals surface area contributed by atoms with Crippen molar-refractivity contribution < 1.29 is 4.79 Å². The molecule has 1 aliphatic rings. The standard InChI is InChI=1S/C42H78N2O/c1-15-29(5)19-33(9)23-40(34(10)20-30(6)16-2)43-27-36(12)38-24-37(13)42(14,26-38)28-44-41(35(11)21-31(7)17-3)25-39(45)22-32(8)18-4/h29-32,36-38,40-41,43-44H,9-11,15-28H2,1-8,12-14H3. The minimum atomic E-state index is 0.0820. The number of Topliss-reactive ketones (excluding diaryl/α,β-unsaturated/α-hetero) is 1. The molecule has 0 aromatic carbocycles. The first-order chi connectivity index (χ1) is 21.1. The van der Waals surface area contributed by atoms with Crippen molar-refractivity contribution in [2.24, 2.45) is 46.8 Å². The van der Waals surface area contributed by atoms with E-state index in [-0.39, 0.29) is 11.5 Å². The van der Waals surface area contributed by atoms with Gasteiger partial charge in [-0.15, -0.1) is 0 Å². The molecule has 1 fully saturated rings. The molecule has 0 bridgehead atoms. The van der Waals surface area contributed by atoms with Crippen LogP contribution in [0.15, 0.2) is 36.5 Å². The summed E-state index contributed by atoms with van der Waals surface area (Å²) in [6.07, 6.45) is 12.6. The molecule has 0 radical (unpaired) electrons. The maximum Gasteiger partial charge on any atom is 0.135 e. The summed E-state index contributed by atoms with van der Waals surface area (Å²) >= 11 is 0. The molecule has 0 aliphatic heterocycles. The van der Waals surface area contributed by atoms with E-state index in [0.29, 0.717) is 66.1 Å². The van der Waals surface area contributed by atoms with Crippen LogP contribution in [-0.4, -0.2) is 31.0 Å². The lowest BCUT2D eigenvalue weighted by Gasteiger charge is -2.33. The summed E-state index contributed by atoms with van der Waals surface area (Å²) in [4.78, 5) is 13.1. The van der Waals surface area contributed by atoms with Crippen LogP contribution in [0, 0.1) is 46.8 Å². The largest absolute Gasteiger partial charge is 0.310 e. The van der Waals surface area contributed by atoms with E-state index < -0.39 is 0 Å². The highest BCUT2D eigenvalue weighted by Gasteiger charge is 2.43. The van der Waals surface area contributed by atoms with Gasteiger partial charge in [0.25, 0.3) is 0 Å². The molecule has 1 rings (SSSR count). The molecule has 0 saturated heterocycles. The SMILES string of the molecule is C=C(CC(C)CC)CC(NCC(C)C1CC(C)C(C)(CNC(CC(=O)CC(C)CC)C(=C)CC(C)CC)C1)C(=C)CC(C)CC. The van der Waals surface area contributed by atoms with Gasteiger partial charge in [-0.1, -0.05) is 138 Å². The normalized spacial score (nSPS) is 24.8. The topological polar surface area (TPSA) is 41.1 Å². The van der Waals surface area contributed by atoms with E-state index >= 15 is 0 Å². The van der Waals surface area contributed by atoms with Gasteiger partial charge < -0.3 is 10.6 Å². The van der Waals surface area contributed by atoms with E-state index in [1.807, 2.05) is 0 Å². The van der Waals surface area contributed by atoms with Gasteiger partial charge in [0.1, 0.15) is 5.78 Å². The zero-order valence-electron chi connectivity index (χ0n) is 32.1.